The Hall–Kier alpha value is -2.14. The van der Waals surface area contributed by atoms with E-state index in [9.17, 15) is 9.59 Å². The van der Waals surface area contributed by atoms with Gasteiger partial charge in [0.05, 0.1) is 5.41 Å². The molecule has 1 saturated heterocycles. The topological polar surface area (TPSA) is 40.6 Å². The van der Waals surface area contributed by atoms with Crippen LogP contribution in [0.3, 0.4) is 0 Å². The normalized spacial score (nSPS) is 18.7. The highest BCUT2D eigenvalue weighted by atomic mass is 32.1. The summed E-state index contributed by atoms with van der Waals surface area (Å²) in [5.41, 5.74) is 2.01. The minimum atomic E-state index is -0.433. The van der Waals surface area contributed by atoms with Crippen LogP contribution in [0.4, 0.5) is 0 Å². The predicted molar refractivity (Wildman–Crippen MR) is 113 cm³/mol. The second-order valence-corrected chi connectivity index (χ2v) is 9.34. The monoisotopic (exact) mass is 396 g/mol. The highest BCUT2D eigenvalue weighted by Gasteiger charge is 2.45. The van der Waals surface area contributed by atoms with Crippen LogP contribution in [0, 0.1) is 11.3 Å². The zero-order chi connectivity index (χ0) is 19.7. The van der Waals surface area contributed by atoms with Crippen LogP contribution in [-0.2, 0) is 16.0 Å². The molecule has 1 aromatic carbocycles. The molecule has 2 heterocycles. The van der Waals surface area contributed by atoms with E-state index in [-0.39, 0.29) is 11.8 Å². The third-order valence-corrected chi connectivity index (χ3v) is 7.05. The molecule has 2 amide bonds. The van der Waals surface area contributed by atoms with Crippen LogP contribution in [0.25, 0.3) is 10.4 Å². The van der Waals surface area contributed by atoms with Crippen LogP contribution in [0.2, 0.25) is 0 Å². The Labute approximate surface area is 171 Å². The van der Waals surface area contributed by atoms with Crippen molar-refractivity contribution < 1.29 is 9.59 Å². The van der Waals surface area contributed by atoms with Crippen molar-refractivity contribution in [2.75, 3.05) is 27.2 Å². The van der Waals surface area contributed by atoms with E-state index < -0.39 is 5.41 Å². The molecule has 5 heteroatoms. The van der Waals surface area contributed by atoms with Crippen molar-refractivity contribution in [1.82, 2.24) is 9.80 Å². The molecule has 2 fully saturated rings. The van der Waals surface area contributed by atoms with Crippen molar-refractivity contribution in [2.45, 2.75) is 32.1 Å². The first-order valence-electron chi connectivity index (χ1n) is 10.1. The summed E-state index contributed by atoms with van der Waals surface area (Å²) >= 11 is 1.73. The molecule has 1 aliphatic carbocycles. The number of thiophene rings is 1. The molecule has 28 heavy (non-hydrogen) atoms. The summed E-state index contributed by atoms with van der Waals surface area (Å²) in [6.45, 7) is 1.38. The Morgan fingerprint density at radius 1 is 1.11 bits per heavy atom. The molecule has 148 valence electrons. The number of nitrogens with zero attached hydrogens (tertiary/aromatic N) is 2. The summed E-state index contributed by atoms with van der Waals surface area (Å²) in [6.07, 6.45) is 4.27. The van der Waals surface area contributed by atoms with Gasteiger partial charge in [-0.15, -0.1) is 11.3 Å². The quantitative estimate of drug-likeness (QED) is 0.765. The minimum absolute atomic E-state index is 0.187. The first-order chi connectivity index (χ1) is 13.5. The Kier molecular flexibility index (Phi) is 5.28. The van der Waals surface area contributed by atoms with Crippen molar-refractivity contribution >= 4 is 23.2 Å². The SMILES string of the molecule is CN(C)C(=O)C1(Cc2ccccc2-c2cccs2)CCN(C(=O)C2CC2)CC1. The van der Waals surface area contributed by atoms with Gasteiger partial charge >= 0.3 is 0 Å². The molecule has 0 spiro atoms. The van der Waals surface area contributed by atoms with Crippen LogP contribution in [0.15, 0.2) is 41.8 Å². The Morgan fingerprint density at radius 3 is 2.43 bits per heavy atom. The standard InChI is InChI=1S/C23H28N2O2S/c1-24(2)22(27)23(11-13-25(14-12-23)21(26)17-9-10-17)16-18-6-3-4-7-19(18)20-8-5-15-28-20/h3-8,15,17H,9-14,16H2,1-2H3. The smallest absolute Gasteiger partial charge is 0.228 e. The number of carbonyl (C=O) groups excluding carboxylic acids is 2. The Morgan fingerprint density at radius 2 is 1.82 bits per heavy atom. The summed E-state index contributed by atoms with van der Waals surface area (Å²) in [7, 11) is 3.69. The van der Waals surface area contributed by atoms with Gasteiger partial charge in [0, 0.05) is 38.0 Å². The van der Waals surface area contributed by atoms with Gasteiger partial charge in [-0.3, -0.25) is 9.59 Å². The van der Waals surface area contributed by atoms with E-state index in [1.165, 1.54) is 16.0 Å². The van der Waals surface area contributed by atoms with E-state index in [0.717, 1.165) is 32.1 Å². The van der Waals surface area contributed by atoms with E-state index in [1.807, 2.05) is 19.0 Å². The van der Waals surface area contributed by atoms with Gasteiger partial charge in [0.15, 0.2) is 0 Å². The molecule has 1 saturated carbocycles. The molecule has 4 nitrogen and oxygen atoms in total. The predicted octanol–water partition coefficient (Wildman–Crippen LogP) is 4.06. The maximum absolute atomic E-state index is 13.3. The number of benzene rings is 1. The number of rotatable bonds is 5. The molecule has 0 bridgehead atoms. The first-order valence-corrected chi connectivity index (χ1v) is 11.0. The molecule has 1 aliphatic heterocycles. The van der Waals surface area contributed by atoms with Crippen LogP contribution in [-0.4, -0.2) is 48.8 Å². The second-order valence-electron chi connectivity index (χ2n) is 8.39. The van der Waals surface area contributed by atoms with E-state index in [0.29, 0.717) is 19.0 Å². The lowest BCUT2D eigenvalue weighted by Crippen LogP contribution is -2.51. The number of likely N-dealkylation sites (tertiary alicyclic amines) is 1. The third-order valence-electron chi connectivity index (χ3n) is 6.15. The minimum Gasteiger partial charge on any atom is -0.348 e. The van der Waals surface area contributed by atoms with Crippen molar-refractivity contribution in [3.63, 3.8) is 0 Å². The van der Waals surface area contributed by atoms with E-state index >= 15 is 0 Å². The van der Waals surface area contributed by atoms with Crippen LogP contribution in [0.1, 0.15) is 31.2 Å². The molecule has 0 radical (unpaired) electrons. The molecule has 0 unspecified atom stereocenters. The maximum atomic E-state index is 13.3. The zero-order valence-electron chi connectivity index (χ0n) is 16.7. The third kappa shape index (κ3) is 3.72. The van der Waals surface area contributed by atoms with Gasteiger partial charge in [-0.2, -0.15) is 0 Å². The molecule has 4 rings (SSSR count). The fourth-order valence-electron chi connectivity index (χ4n) is 4.40. The number of hydrogen-bond acceptors (Lipinski definition) is 3. The van der Waals surface area contributed by atoms with Crippen LogP contribution in [0.5, 0.6) is 0 Å². The van der Waals surface area contributed by atoms with Gasteiger partial charge in [0.1, 0.15) is 0 Å². The Balaban J connectivity index is 1.60. The lowest BCUT2D eigenvalue weighted by molar-refractivity contribution is -0.146. The second kappa shape index (κ2) is 7.70. The van der Waals surface area contributed by atoms with E-state index in [4.69, 9.17) is 0 Å². The fraction of sp³-hybridized carbons (Fsp3) is 0.478. The molecule has 2 aliphatic rings. The summed E-state index contributed by atoms with van der Waals surface area (Å²) in [5.74, 6) is 0.730. The van der Waals surface area contributed by atoms with E-state index in [2.05, 4.69) is 41.8 Å². The van der Waals surface area contributed by atoms with Crippen molar-refractivity contribution in [3.05, 3.63) is 47.3 Å². The van der Waals surface area contributed by atoms with E-state index in [1.54, 1.807) is 16.2 Å². The van der Waals surface area contributed by atoms with Crippen molar-refractivity contribution in [2.24, 2.45) is 11.3 Å². The van der Waals surface area contributed by atoms with Gasteiger partial charge < -0.3 is 9.80 Å². The molecular weight excluding hydrogens is 368 g/mol. The number of carbonyl (C=O) groups is 2. The van der Waals surface area contributed by atoms with Crippen LogP contribution < -0.4 is 0 Å². The van der Waals surface area contributed by atoms with Gasteiger partial charge in [0.2, 0.25) is 11.8 Å². The zero-order valence-corrected chi connectivity index (χ0v) is 17.5. The lowest BCUT2D eigenvalue weighted by atomic mass is 9.72. The summed E-state index contributed by atoms with van der Waals surface area (Å²) in [6, 6.07) is 12.6. The number of piperidine rings is 1. The summed E-state index contributed by atoms with van der Waals surface area (Å²) in [5, 5.41) is 2.09. The van der Waals surface area contributed by atoms with Crippen molar-refractivity contribution in [3.8, 4) is 10.4 Å². The molecule has 0 N–H and O–H groups in total. The first kappa shape index (κ1) is 19.2. The average Bonchev–Trinajstić information content (AvgIpc) is 3.42. The summed E-state index contributed by atoms with van der Waals surface area (Å²) in [4.78, 5) is 30.7. The van der Waals surface area contributed by atoms with Gasteiger partial charge in [-0.25, -0.2) is 0 Å². The lowest BCUT2D eigenvalue weighted by Gasteiger charge is -2.42. The molecule has 2 aromatic rings. The van der Waals surface area contributed by atoms with Crippen molar-refractivity contribution in [1.29, 1.82) is 0 Å². The molecular formula is C23H28N2O2S. The highest BCUT2D eigenvalue weighted by molar-refractivity contribution is 7.13. The number of amides is 2. The maximum Gasteiger partial charge on any atom is 0.228 e. The molecule has 1 aromatic heterocycles. The summed E-state index contributed by atoms with van der Waals surface area (Å²) < 4.78 is 0. The van der Waals surface area contributed by atoms with Gasteiger partial charge in [0.25, 0.3) is 0 Å². The fourth-order valence-corrected chi connectivity index (χ4v) is 5.18. The number of hydrogen-bond donors (Lipinski definition) is 0. The van der Waals surface area contributed by atoms with Crippen LogP contribution >= 0.6 is 11.3 Å². The van der Waals surface area contributed by atoms with Gasteiger partial charge in [-0.1, -0.05) is 30.3 Å². The molecule has 0 atom stereocenters. The Bertz CT molecular complexity index is 847. The average molecular weight is 397 g/mol. The van der Waals surface area contributed by atoms with Gasteiger partial charge in [-0.05, 0) is 54.7 Å². The highest BCUT2D eigenvalue weighted by Crippen LogP contribution is 2.41. The largest absolute Gasteiger partial charge is 0.348 e.